The molecule has 1 unspecified atom stereocenters. The van der Waals surface area contributed by atoms with Crippen LogP contribution in [0.5, 0.6) is 0 Å². The average molecular weight is 323 g/mol. The van der Waals surface area contributed by atoms with Crippen molar-refractivity contribution in [2.75, 3.05) is 0 Å². The normalized spacial score (nSPS) is 12.1. The maximum absolute atomic E-state index is 13.2. The molecule has 122 valence electrons. The molecule has 3 rings (SSSR count). The van der Waals surface area contributed by atoms with Crippen LogP contribution in [0, 0.1) is 12.7 Å². The van der Waals surface area contributed by atoms with Gasteiger partial charge in [0.05, 0.1) is 11.6 Å². The highest BCUT2D eigenvalue weighted by atomic mass is 19.1. The molecule has 2 aromatic carbocycles. The number of aryl methyl sites for hydroxylation is 1. The highest BCUT2D eigenvalue weighted by Crippen LogP contribution is 2.27. The van der Waals surface area contributed by atoms with Crippen molar-refractivity contribution in [3.63, 3.8) is 0 Å². The molecule has 0 aliphatic rings. The van der Waals surface area contributed by atoms with Crippen molar-refractivity contribution < 1.29 is 14.3 Å². The van der Waals surface area contributed by atoms with Crippen molar-refractivity contribution in [2.45, 2.75) is 19.8 Å². The van der Waals surface area contributed by atoms with Gasteiger partial charge >= 0.3 is 5.97 Å². The van der Waals surface area contributed by atoms with Gasteiger partial charge in [-0.15, -0.1) is 0 Å². The SMILES string of the molecule is Cc1ccc(-c2ccc(F)cc2)n1-c1ccc(C(C)C(=O)O)cc1. The molecule has 0 bridgehead atoms. The van der Waals surface area contributed by atoms with E-state index in [1.807, 2.05) is 43.3 Å². The second-order valence-corrected chi connectivity index (χ2v) is 5.85. The number of halogens is 1. The lowest BCUT2D eigenvalue weighted by atomic mass is 10.0. The first-order valence-corrected chi connectivity index (χ1v) is 7.75. The number of benzene rings is 2. The predicted molar refractivity (Wildman–Crippen MR) is 92.0 cm³/mol. The van der Waals surface area contributed by atoms with E-state index in [0.717, 1.165) is 28.2 Å². The number of carbonyl (C=O) groups is 1. The molecule has 1 N–H and O–H groups in total. The average Bonchev–Trinajstić information content (AvgIpc) is 2.96. The van der Waals surface area contributed by atoms with Gasteiger partial charge in [0.15, 0.2) is 0 Å². The summed E-state index contributed by atoms with van der Waals surface area (Å²) in [4.78, 5) is 11.1. The number of aromatic nitrogens is 1. The van der Waals surface area contributed by atoms with Crippen molar-refractivity contribution in [3.05, 3.63) is 77.7 Å². The largest absolute Gasteiger partial charge is 0.481 e. The van der Waals surface area contributed by atoms with E-state index in [1.54, 1.807) is 19.1 Å². The molecule has 0 spiro atoms. The Morgan fingerprint density at radius 3 is 2.21 bits per heavy atom. The topological polar surface area (TPSA) is 42.2 Å². The molecule has 4 heteroatoms. The minimum atomic E-state index is -0.841. The molecule has 0 aliphatic carbocycles. The minimum absolute atomic E-state index is 0.263. The first kappa shape index (κ1) is 16.0. The van der Waals surface area contributed by atoms with Gasteiger partial charge in [-0.3, -0.25) is 4.79 Å². The Kier molecular flexibility index (Phi) is 4.21. The Bertz CT molecular complexity index is 864. The predicted octanol–water partition coefficient (Wildman–Crippen LogP) is 4.78. The lowest BCUT2D eigenvalue weighted by molar-refractivity contribution is -0.138. The van der Waals surface area contributed by atoms with Crippen molar-refractivity contribution >= 4 is 5.97 Å². The van der Waals surface area contributed by atoms with Gasteiger partial charge in [0.2, 0.25) is 0 Å². The Balaban J connectivity index is 2.02. The highest BCUT2D eigenvalue weighted by molar-refractivity contribution is 5.75. The first-order chi connectivity index (χ1) is 11.5. The van der Waals surface area contributed by atoms with Gasteiger partial charge in [0, 0.05) is 11.4 Å². The minimum Gasteiger partial charge on any atom is -0.481 e. The van der Waals surface area contributed by atoms with Crippen LogP contribution in [0.1, 0.15) is 24.1 Å². The van der Waals surface area contributed by atoms with E-state index in [4.69, 9.17) is 5.11 Å². The van der Waals surface area contributed by atoms with Gasteiger partial charge in [-0.1, -0.05) is 12.1 Å². The second kappa shape index (κ2) is 6.32. The molecule has 0 fully saturated rings. The number of carboxylic acid groups (broad SMARTS) is 1. The molecule has 24 heavy (non-hydrogen) atoms. The van der Waals surface area contributed by atoms with Crippen molar-refractivity contribution in [1.29, 1.82) is 0 Å². The number of rotatable bonds is 4. The van der Waals surface area contributed by atoms with Crippen LogP contribution in [0.25, 0.3) is 16.9 Å². The molecule has 0 saturated heterocycles. The third-order valence-electron chi connectivity index (χ3n) is 4.24. The third kappa shape index (κ3) is 2.95. The van der Waals surface area contributed by atoms with Gasteiger partial charge in [0.25, 0.3) is 0 Å². The van der Waals surface area contributed by atoms with Gasteiger partial charge in [-0.2, -0.15) is 0 Å². The van der Waals surface area contributed by atoms with Crippen LogP contribution < -0.4 is 0 Å². The Morgan fingerprint density at radius 2 is 1.62 bits per heavy atom. The fraction of sp³-hybridized carbons (Fsp3) is 0.150. The smallest absolute Gasteiger partial charge is 0.310 e. The molecule has 0 radical (unpaired) electrons. The fourth-order valence-electron chi connectivity index (χ4n) is 2.78. The first-order valence-electron chi connectivity index (χ1n) is 7.75. The van der Waals surface area contributed by atoms with Crippen molar-refractivity contribution in [3.8, 4) is 16.9 Å². The standard InChI is InChI=1S/C20H18FNO2/c1-13-3-12-19(16-4-8-17(21)9-5-16)22(13)18-10-6-15(7-11-18)14(2)20(23)24/h3-12,14H,1-2H3,(H,23,24). The molecule has 1 heterocycles. The van der Waals surface area contributed by atoms with E-state index in [-0.39, 0.29) is 5.82 Å². The number of hydrogen-bond donors (Lipinski definition) is 1. The molecule has 1 aromatic heterocycles. The molecule has 3 nitrogen and oxygen atoms in total. The lowest BCUT2D eigenvalue weighted by Gasteiger charge is -2.14. The third-order valence-corrected chi connectivity index (χ3v) is 4.24. The maximum Gasteiger partial charge on any atom is 0.310 e. The van der Waals surface area contributed by atoms with Gasteiger partial charge in [-0.05, 0) is 73.5 Å². The number of hydrogen-bond acceptors (Lipinski definition) is 1. The number of aliphatic carboxylic acids is 1. The van der Waals surface area contributed by atoms with Crippen LogP contribution in [0.15, 0.2) is 60.7 Å². The zero-order valence-electron chi connectivity index (χ0n) is 13.5. The Morgan fingerprint density at radius 1 is 1.00 bits per heavy atom. The van der Waals surface area contributed by atoms with E-state index in [1.165, 1.54) is 12.1 Å². The summed E-state index contributed by atoms with van der Waals surface area (Å²) < 4.78 is 15.2. The van der Waals surface area contributed by atoms with Gasteiger partial charge in [0.1, 0.15) is 5.82 Å². The zero-order valence-corrected chi connectivity index (χ0v) is 13.5. The second-order valence-electron chi connectivity index (χ2n) is 5.85. The summed E-state index contributed by atoms with van der Waals surface area (Å²) in [6.45, 7) is 3.67. The van der Waals surface area contributed by atoms with E-state index in [2.05, 4.69) is 4.57 Å². The van der Waals surface area contributed by atoms with Crippen LogP contribution in [0.2, 0.25) is 0 Å². The molecule has 0 saturated carbocycles. The number of carboxylic acids is 1. The van der Waals surface area contributed by atoms with Crippen LogP contribution in [-0.4, -0.2) is 15.6 Å². The highest BCUT2D eigenvalue weighted by Gasteiger charge is 2.14. The van der Waals surface area contributed by atoms with Crippen LogP contribution in [0.3, 0.4) is 0 Å². The van der Waals surface area contributed by atoms with E-state index < -0.39 is 11.9 Å². The molecule has 3 aromatic rings. The molecular formula is C20H18FNO2. The lowest BCUT2D eigenvalue weighted by Crippen LogP contribution is -2.07. The van der Waals surface area contributed by atoms with Crippen LogP contribution in [-0.2, 0) is 4.79 Å². The summed E-state index contributed by atoms with van der Waals surface area (Å²) in [6, 6.07) is 17.9. The monoisotopic (exact) mass is 323 g/mol. The summed E-state index contributed by atoms with van der Waals surface area (Å²) in [7, 11) is 0. The zero-order chi connectivity index (χ0) is 17.3. The maximum atomic E-state index is 13.2. The summed E-state index contributed by atoms with van der Waals surface area (Å²) in [6.07, 6.45) is 0. The molecular weight excluding hydrogens is 305 g/mol. The van der Waals surface area contributed by atoms with E-state index in [0.29, 0.717) is 0 Å². The van der Waals surface area contributed by atoms with Crippen LogP contribution in [0.4, 0.5) is 4.39 Å². The van der Waals surface area contributed by atoms with E-state index in [9.17, 15) is 9.18 Å². The summed E-state index contributed by atoms with van der Waals surface area (Å²) in [5.41, 5.74) is 4.64. The van der Waals surface area contributed by atoms with E-state index >= 15 is 0 Å². The molecule has 0 aliphatic heterocycles. The summed E-state index contributed by atoms with van der Waals surface area (Å²) in [5.74, 6) is -1.64. The van der Waals surface area contributed by atoms with Crippen molar-refractivity contribution in [2.24, 2.45) is 0 Å². The Labute approximate surface area is 140 Å². The summed E-state index contributed by atoms with van der Waals surface area (Å²) >= 11 is 0. The van der Waals surface area contributed by atoms with Crippen molar-refractivity contribution in [1.82, 2.24) is 4.57 Å². The van der Waals surface area contributed by atoms with Crippen LogP contribution >= 0.6 is 0 Å². The fourth-order valence-corrected chi connectivity index (χ4v) is 2.78. The Hall–Kier alpha value is -2.88. The quantitative estimate of drug-likeness (QED) is 0.751. The number of nitrogens with zero attached hydrogens (tertiary/aromatic N) is 1. The molecule has 1 atom stereocenters. The van der Waals surface area contributed by atoms with Gasteiger partial charge < -0.3 is 9.67 Å². The summed E-state index contributed by atoms with van der Waals surface area (Å²) in [5, 5.41) is 9.11. The van der Waals surface area contributed by atoms with Gasteiger partial charge in [-0.25, -0.2) is 4.39 Å². The molecule has 0 amide bonds.